The molecule has 1 atom stereocenters. The van der Waals surface area contributed by atoms with Crippen LogP contribution in [0.2, 0.25) is 0 Å². The minimum Gasteiger partial charge on any atom is -0.383 e. The molecule has 2 aromatic heterocycles. The molecule has 2 N–H and O–H groups in total. The highest BCUT2D eigenvalue weighted by molar-refractivity contribution is 7.27. The Hall–Kier alpha value is -2.45. The van der Waals surface area contributed by atoms with Gasteiger partial charge in [-0.05, 0) is 29.9 Å². The highest BCUT2D eigenvalue weighted by atomic mass is 31.0. The van der Waals surface area contributed by atoms with E-state index in [9.17, 15) is 0 Å². The number of aryl methyl sites for hydroxylation is 1. The zero-order valence-corrected chi connectivity index (χ0v) is 13.5. The number of aromatic nitrogens is 3. The molecule has 0 aliphatic rings. The van der Waals surface area contributed by atoms with Crippen LogP contribution in [0.25, 0.3) is 22.9 Å². The van der Waals surface area contributed by atoms with Crippen LogP contribution < -0.4 is 11.0 Å². The lowest BCUT2D eigenvalue weighted by Gasteiger charge is -2.07. The Morgan fingerprint density at radius 1 is 1.32 bits per heavy atom. The summed E-state index contributed by atoms with van der Waals surface area (Å²) in [6, 6.07) is 10.2. The smallest absolute Gasteiger partial charge is 0.132 e. The van der Waals surface area contributed by atoms with E-state index in [4.69, 9.17) is 5.73 Å². The van der Waals surface area contributed by atoms with Gasteiger partial charge < -0.3 is 5.73 Å². The molecule has 0 bridgehead atoms. The second-order valence-corrected chi connectivity index (χ2v) is 5.70. The summed E-state index contributed by atoms with van der Waals surface area (Å²) >= 11 is 0. The minimum atomic E-state index is 0.453. The number of nitrogen functional groups attached to an aromatic ring is 1. The van der Waals surface area contributed by atoms with Crippen LogP contribution in [0.4, 0.5) is 5.82 Å². The summed E-state index contributed by atoms with van der Waals surface area (Å²) in [6.07, 6.45) is 5.39. The summed E-state index contributed by atoms with van der Waals surface area (Å²) in [4.78, 5) is 4.10. The minimum absolute atomic E-state index is 0.453. The maximum absolute atomic E-state index is 5.92. The third-order valence-corrected chi connectivity index (χ3v) is 3.90. The number of nitrogens with zero attached hydrogens (tertiary/aromatic N) is 3. The van der Waals surface area contributed by atoms with Crippen LogP contribution in [0.3, 0.4) is 0 Å². The van der Waals surface area contributed by atoms with Crippen molar-refractivity contribution >= 4 is 26.4 Å². The third kappa shape index (κ3) is 2.53. The highest BCUT2D eigenvalue weighted by Gasteiger charge is 2.12. The Balaban J connectivity index is 2.14. The number of nitrogens with two attached hydrogens (primary N) is 1. The van der Waals surface area contributed by atoms with E-state index in [-0.39, 0.29) is 0 Å². The predicted octanol–water partition coefficient (Wildman–Crippen LogP) is 2.97. The molecule has 0 radical (unpaired) electrons. The summed E-state index contributed by atoms with van der Waals surface area (Å²) in [5.41, 5.74) is 10.8. The Morgan fingerprint density at radius 3 is 2.86 bits per heavy atom. The van der Waals surface area contributed by atoms with Crippen molar-refractivity contribution < 1.29 is 0 Å². The molecule has 3 rings (SSSR count). The zero-order chi connectivity index (χ0) is 15.7. The normalized spacial score (nSPS) is 10.6. The summed E-state index contributed by atoms with van der Waals surface area (Å²) in [7, 11) is 2.72. The molecule has 0 amide bonds. The fourth-order valence-electron chi connectivity index (χ4n) is 2.46. The molecule has 0 fully saturated rings. The topological polar surface area (TPSA) is 56.7 Å². The summed E-state index contributed by atoms with van der Waals surface area (Å²) in [5.74, 6) is 0.453. The molecule has 0 aliphatic carbocycles. The lowest BCUT2D eigenvalue weighted by molar-refractivity contribution is 0.859. The fraction of sp³-hybridized carbons (Fsp3) is 0.0588. The molecule has 5 heteroatoms. The number of benzene rings is 1. The molecule has 2 heterocycles. The van der Waals surface area contributed by atoms with Gasteiger partial charge in [0.25, 0.3) is 0 Å². The molecule has 4 nitrogen and oxygen atoms in total. The van der Waals surface area contributed by atoms with Crippen molar-refractivity contribution in [3.63, 3.8) is 0 Å². The Labute approximate surface area is 131 Å². The number of anilines is 1. The van der Waals surface area contributed by atoms with Crippen molar-refractivity contribution in [3.05, 3.63) is 60.6 Å². The van der Waals surface area contributed by atoms with Crippen molar-refractivity contribution in [1.29, 1.82) is 0 Å². The van der Waals surface area contributed by atoms with Gasteiger partial charge in [-0.1, -0.05) is 30.9 Å². The van der Waals surface area contributed by atoms with E-state index in [2.05, 4.69) is 38.0 Å². The van der Waals surface area contributed by atoms with Crippen molar-refractivity contribution in [2.45, 2.75) is 6.92 Å². The van der Waals surface area contributed by atoms with E-state index in [0.717, 1.165) is 33.4 Å². The SMILES string of the molecule is C=Cc1c(-n2cc(-c3cccc(P)c3)c(C)n2)ccnc1N. The van der Waals surface area contributed by atoms with E-state index >= 15 is 0 Å². The van der Waals surface area contributed by atoms with Gasteiger partial charge in [0.1, 0.15) is 5.82 Å². The predicted molar refractivity (Wildman–Crippen MR) is 95.4 cm³/mol. The van der Waals surface area contributed by atoms with E-state index in [1.165, 1.54) is 0 Å². The Kier molecular flexibility index (Phi) is 3.78. The van der Waals surface area contributed by atoms with Gasteiger partial charge in [0.2, 0.25) is 0 Å². The van der Waals surface area contributed by atoms with Crippen molar-refractivity contribution in [1.82, 2.24) is 14.8 Å². The quantitative estimate of drug-likeness (QED) is 0.757. The molecule has 0 aliphatic heterocycles. The van der Waals surface area contributed by atoms with Gasteiger partial charge in [-0.3, -0.25) is 0 Å². The van der Waals surface area contributed by atoms with Crippen LogP contribution in [-0.2, 0) is 0 Å². The largest absolute Gasteiger partial charge is 0.383 e. The number of hydrogen-bond acceptors (Lipinski definition) is 3. The van der Waals surface area contributed by atoms with Crippen molar-refractivity contribution in [2.75, 3.05) is 5.73 Å². The molecule has 22 heavy (non-hydrogen) atoms. The Bertz CT molecular complexity index is 852. The van der Waals surface area contributed by atoms with Crippen LogP contribution in [0.15, 0.2) is 49.3 Å². The monoisotopic (exact) mass is 308 g/mol. The summed E-state index contributed by atoms with van der Waals surface area (Å²) in [5, 5.41) is 5.76. The van der Waals surface area contributed by atoms with Crippen molar-refractivity contribution in [2.24, 2.45) is 0 Å². The molecule has 1 unspecified atom stereocenters. The average molecular weight is 308 g/mol. The first-order chi connectivity index (χ1) is 10.6. The van der Waals surface area contributed by atoms with Gasteiger partial charge in [0, 0.05) is 23.5 Å². The molecule has 0 spiro atoms. The van der Waals surface area contributed by atoms with Gasteiger partial charge in [0.05, 0.1) is 11.4 Å². The first-order valence-electron chi connectivity index (χ1n) is 6.89. The standard InChI is InChI=1S/C17H17N4P/c1-3-14-16(7-8-19-17(14)18)21-10-15(11(2)20-21)12-5-4-6-13(22)9-12/h3-10H,1,22H2,2H3,(H2,18,19). The molecule has 1 aromatic carbocycles. The fourth-order valence-corrected chi connectivity index (χ4v) is 2.75. The van der Waals surface area contributed by atoms with Crippen LogP contribution in [0, 0.1) is 6.92 Å². The molecule has 110 valence electrons. The number of hydrogen-bond donors (Lipinski definition) is 1. The Morgan fingerprint density at radius 2 is 2.14 bits per heavy atom. The lowest BCUT2D eigenvalue weighted by Crippen LogP contribution is -2.02. The molecule has 0 saturated carbocycles. The van der Waals surface area contributed by atoms with Gasteiger partial charge >= 0.3 is 0 Å². The number of pyridine rings is 1. The van der Waals surface area contributed by atoms with Crippen LogP contribution in [-0.4, -0.2) is 14.8 Å². The molecular weight excluding hydrogens is 291 g/mol. The van der Waals surface area contributed by atoms with Gasteiger partial charge in [-0.2, -0.15) is 5.10 Å². The molecule has 0 saturated heterocycles. The number of rotatable bonds is 3. The summed E-state index contributed by atoms with van der Waals surface area (Å²) < 4.78 is 1.83. The highest BCUT2D eigenvalue weighted by Crippen LogP contribution is 2.26. The first kappa shape index (κ1) is 14.5. The lowest BCUT2D eigenvalue weighted by atomic mass is 10.1. The van der Waals surface area contributed by atoms with Gasteiger partial charge in [-0.25, -0.2) is 9.67 Å². The van der Waals surface area contributed by atoms with E-state index in [1.54, 1.807) is 12.3 Å². The van der Waals surface area contributed by atoms with Gasteiger partial charge in [0.15, 0.2) is 0 Å². The van der Waals surface area contributed by atoms with Crippen LogP contribution in [0.5, 0.6) is 0 Å². The van der Waals surface area contributed by atoms with Crippen molar-refractivity contribution in [3.8, 4) is 16.8 Å². The maximum Gasteiger partial charge on any atom is 0.132 e. The first-order valence-corrected chi connectivity index (χ1v) is 7.47. The molecule has 3 aromatic rings. The third-order valence-electron chi connectivity index (χ3n) is 3.55. The second kappa shape index (κ2) is 5.74. The van der Waals surface area contributed by atoms with Crippen LogP contribution >= 0.6 is 9.24 Å². The maximum atomic E-state index is 5.92. The summed E-state index contributed by atoms with van der Waals surface area (Å²) in [6.45, 7) is 5.81. The van der Waals surface area contributed by atoms with E-state index in [1.807, 2.05) is 36.0 Å². The van der Waals surface area contributed by atoms with Crippen LogP contribution in [0.1, 0.15) is 11.3 Å². The van der Waals surface area contributed by atoms with E-state index in [0.29, 0.717) is 5.82 Å². The van der Waals surface area contributed by atoms with E-state index < -0.39 is 0 Å². The zero-order valence-electron chi connectivity index (χ0n) is 12.3. The van der Waals surface area contributed by atoms with Gasteiger partial charge in [-0.15, -0.1) is 9.24 Å². The molecular formula is C17H17N4P. The average Bonchev–Trinajstić information content (AvgIpc) is 2.89. The second-order valence-electron chi connectivity index (χ2n) is 5.03.